The minimum atomic E-state index is -0.350. The maximum Gasteiger partial charge on any atom is 0.272 e. The van der Waals surface area contributed by atoms with E-state index in [1.807, 2.05) is 42.2 Å². The zero-order valence-electron chi connectivity index (χ0n) is 15.0. The summed E-state index contributed by atoms with van der Waals surface area (Å²) in [7, 11) is 0. The van der Waals surface area contributed by atoms with Crippen LogP contribution in [0.4, 0.5) is 4.39 Å². The first-order valence-electron chi connectivity index (χ1n) is 8.90. The Labute approximate surface area is 157 Å². The van der Waals surface area contributed by atoms with Gasteiger partial charge in [-0.25, -0.2) is 4.39 Å². The topological polar surface area (TPSA) is 47.4 Å². The van der Waals surface area contributed by atoms with Crippen molar-refractivity contribution in [2.24, 2.45) is 0 Å². The molecule has 6 heteroatoms. The van der Waals surface area contributed by atoms with Gasteiger partial charge in [0.1, 0.15) is 29.6 Å². The number of carbonyl (C=O) groups is 1. The molecule has 0 spiro atoms. The number of rotatable bonds is 5. The number of hydrogen-bond donors (Lipinski definition) is 0. The molecule has 0 saturated heterocycles. The second-order valence-corrected chi connectivity index (χ2v) is 6.73. The fourth-order valence-corrected chi connectivity index (χ4v) is 3.31. The van der Waals surface area contributed by atoms with E-state index in [4.69, 9.17) is 4.74 Å². The lowest BCUT2D eigenvalue weighted by molar-refractivity contribution is 0.0651. The molecule has 27 heavy (non-hydrogen) atoms. The molecular weight excluding hydrogens is 345 g/mol. The van der Waals surface area contributed by atoms with Crippen LogP contribution < -0.4 is 4.74 Å². The van der Waals surface area contributed by atoms with E-state index in [1.165, 1.54) is 12.1 Å². The Bertz CT molecular complexity index is 955. The first kappa shape index (κ1) is 17.3. The fourth-order valence-electron chi connectivity index (χ4n) is 3.31. The van der Waals surface area contributed by atoms with E-state index < -0.39 is 0 Å². The lowest BCUT2D eigenvalue weighted by atomic mass is 10.1. The number of fused-ring (bicyclic) bond motifs is 1. The van der Waals surface area contributed by atoms with Crippen molar-refractivity contribution in [2.75, 3.05) is 6.54 Å². The van der Waals surface area contributed by atoms with E-state index in [1.54, 1.807) is 22.9 Å². The Morgan fingerprint density at radius 1 is 1.15 bits per heavy atom. The van der Waals surface area contributed by atoms with Crippen molar-refractivity contribution < 1.29 is 13.9 Å². The highest BCUT2D eigenvalue weighted by Gasteiger charge is 2.30. The van der Waals surface area contributed by atoms with Crippen LogP contribution in [0.15, 0.2) is 60.7 Å². The number of benzene rings is 2. The van der Waals surface area contributed by atoms with Gasteiger partial charge in [0.15, 0.2) is 0 Å². The summed E-state index contributed by atoms with van der Waals surface area (Å²) in [6.07, 6.45) is 0. The molecule has 4 rings (SSSR count). The number of halogens is 1. The van der Waals surface area contributed by atoms with E-state index in [0.717, 1.165) is 5.56 Å². The average molecular weight is 365 g/mol. The normalized spacial score (nSPS) is 16.3. The molecule has 0 fully saturated rings. The third kappa shape index (κ3) is 3.69. The van der Waals surface area contributed by atoms with Gasteiger partial charge in [0.25, 0.3) is 5.91 Å². The Morgan fingerprint density at radius 3 is 2.74 bits per heavy atom. The predicted octanol–water partition coefficient (Wildman–Crippen LogP) is 3.82. The molecule has 1 aromatic heterocycles. The van der Waals surface area contributed by atoms with Gasteiger partial charge in [-0.3, -0.25) is 9.48 Å². The summed E-state index contributed by atoms with van der Waals surface area (Å²) in [5.74, 6) is 0.0458. The van der Waals surface area contributed by atoms with Crippen molar-refractivity contribution in [3.63, 3.8) is 0 Å². The smallest absolute Gasteiger partial charge is 0.272 e. The zero-order valence-corrected chi connectivity index (χ0v) is 15.0. The van der Waals surface area contributed by atoms with Crippen LogP contribution in [0.5, 0.6) is 5.75 Å². The standard InChI is InChI=1S/C21H20FN3O2/c1-15-12-24(13-16-6-3-2-4-7-16)21(26)20-11-18(23-25(15)20)14-27-19-9-5-8-17(22)10-19/h2-11,15H,12-14H2,1H3. The van der Waals surface area contributed by atoms with Crippen molar-refractivity contribution in [1.82, 2.24) is 14.7 Å². The first-order chi connectivity index (χ1) is 13.1. The number of ether oxygens (including phenoxy) is 1. The van der Waals surface area contributed by atoms with Crippen molar-refractivity contribution in [3.8, 4) is 5.75 Å². The third-order valence-corrected chi connectivity index (χ3v) is 4.59. The van der Waals surface area contributed by atoms with Gasteiger partial charge in [0.2, 0.25) is 0 Å². The maximum atomic E-state index is 13.3. The minimum absolute atomic E-state index is 0.0403. The van der Waals surface area contributed by atoms with Crippen LogP contribution >= 0.6 is 0 Å². The van der Waals surface area contributed by atoms with E-state index in [-0.39, 0.29) is 24.4 Å². The summed E-state index contributed by atoms with van der Waals surface area (Å²) in [5, 5.41) is 4.51. The van der Waals surface area contributed by atoms with Gasteiger partial charge in [-0.05, 0) is 30.7 Å². The Hall–Kier alpha value is -3.15. The fraction of sp³-hybridized carbons (Fsp3) is 0.238. The molecule has 3 aromatic rings. The van der Waals surface area contributed by atoms with Crippen LogP contribution in [-0.4, -0.2) is 27.1 Å². The van der Waals surface area contributed by atoms with Gasteiger partial charge < -0.3 is 9.64 Å². The Kier molecular flexibility index (Phi) is 4.62. The lowest BCUT2D eigenvalue weighted by Crippen LogP contribution is -2.41. The molecule has 0 radical (unpaired) electrons. The van der Waals surface area contributed by atoms with Crippen molar-refractivity contribution in [2.45, 2.75) is 26.1 Å². The quantitative estimate of drug-likeness (QED) is 0.691. The number of carbonyl (C=O) groups excluding carboxylic acids is 1. The molecule has 1 atom stereocenters. The second kappa shape index (κ2) is 7.23. The molecule has 1 aliphatic heterocycles. The van der Waals surface area contributed by atoms with Crippen LogP contribution in [0.2, 0.25) is 0 Å². The Balaban J connectivity index is 1.50. The minimum Gasteiger partial charge on any atom is -0.487 e. The van der Waals surface area contributed by atoms with E-state index in [2.05, 4.69) is 5.10 Å². The summed E-state index contributed by atoms with van der Waals surface area (Å²) < 4.78 is 20.6. The molecule has 1 unspecified atom stereocenters. The van der Waals surface area contributed by atoms with Gasteiger partial charge in [0, 0.05) is 19.2 Å². The monoisotopic (exact) mass is 365 g/mol. The van der Waals surface area contributed by atoms with Crippen LogP contribution in [0, 0.1) is 5.82 Å². The highest BCUT2D eigenvalue weighted by Crippen LogP contribution is 2.24. The van der Waals surface area contributed by atoms with Crippen LogP contribution in [0.25, 0.3) is 0 Å². The number of amides is 1. The number of hydrogen-bond acceptors (Lipinski definition) is 3. The molecule has 2 heterocycles. The van der Waals surface area contributed by atoms with Crippen molar-refractivity contribution in [3.05, 3.63) is 83.4 Å². The second-order valence-electron chi connectivity index (χ2n) is 6.73. The summed E-state index contributed by atoms with van der Waals surface area (Å²) >= 11 is 0. The van der Waals surface area contributed by atoms with Gasteiger partial charge >= 0.3 is 0 Å². The van der Waals surface area contributed by atoms with Crippen molar-refractivity contribution in [1.29, 1.82) is 0 Å². The molecule has 138 valence electrons. The predicted molar refractivity (Wildman–Crippen MR) is 98.9 cm³/mol. The highest BCUT2D eigenvalue weighted by atomic mass is 19.1. The molecule has 0 bridgehead atoms. The van der Waals surface area contributed by atoms with Crippen LogP contribution in [0.1, 0.15) is 34.7 Å². The molecule has 0 saturated carbocycles. The summed E-state index contributed by atoms with van der Waals surface area (Å²) in [6.45, 7) is 3.40. The summed E-state index contributed by atoms with van der Waals surface area (Å²) in [6, 6.07) is 17.7. The van der Waals surface area contributed by atoms with E-state index in [9.17, 15) is 9.18 Å². The molecule has 1 amide bonds. The molecule has 1 aliphatic rings. The molecule has 5 nitrogen and oxygen atoms in total. The first-order valence-corrected chi connectivity index (χ1v) is 8.90. The molecular formula is C21H20FN3O2. The zero-order chi connectivity index (χ0) is 18.8. The SMILES string of the molecule is CC1CN(Cc2ccccc2)C(=O)c2cc(COc3cccc(F)c3)nn21. The molecule has 2 aromatic carbocycles. The van der Waals surface area contributed by atoms with Gasteiger partial charge in [-0.2, -0.15) is 5.10 Å². The number of aromatic nitrogens is 2. The van der Waals surface area contributed by atoms with Crippen molar-refractivity contribution >= 4 is 5.91 Å². The number of nitrogens with zero attached hydrogens (tertiary/aromatic N) is 3. The van der Waals surface area contributed by atoms with E-state index >= 15 is 0 Å². The largest absolute Gasteiger partial charge is 0.487 e. The van der Waals surface area contributed by atoms with Gasteiger partial charge in [0.05, 0.1) is 6.04 Å². The average Bonchev–Trinajstić information content (AvgIpc) is 3.10. The summed E-state index contributed by atoms with van der Waals surface area (Å²) in [5.41, 5.74) is 2.30. The molecule has 0 N–H and O–H groups in total. The van der Waals surface area contributed by atoms with Crippen LogP contribution in [-0.2, 0) is 13.2 Å². The highest BCUT2D eigenvalue weighted by molar-refractivity contribution is 5.93. The van der Waals surface area contributed by atoms with Crippen LogP contribution in [0.3, 0.4) is 0 Å². The summed E-state index contributed by atoms with van der Waals surface area (Å²) in [4.78, 5) is 14.7. The van der Waals surface area contributed by atoms with Gasteiger partial charge in [-0.1, -0.05) is 36.4 Å². The third-order valence-electron chi connectivity index (χ3n) is 4.59. The lowest BCUT2D eigenvalue weighted by Gasteiger charge is -2.31. The Morgan fingerprint density at radius 2 is 1.96 bits per heavy atom. The maximum absolute atomic E-state index is 13.3. The van der Waals surface area contributed by atoms with E-state index in [0.29, 0.717) is 30.2 Å². The van der Waals surface area contributed by atoms with Gasteiger partial charge in [-0.15, -0.1) is 0 Å². The molecule has 0 aliphatic carbocycles.